The van der Waals surface area contributed by atoms with E-state index in [1.807, 2.05) is 32.0 Å². The summed E-state index contributed by atoms with van der Waals surface area (Å²) in [5.74, 6) is -0.472. The molecule has 20 heavy (non-hydrogen) atoms. The zero-order valence-corrected chi connectivity index (χ0v) is 12.8. The minimum Gasteiger partial charge on any atom is -0.468 e. The second kappa shape index (κ2) is 7.90. The Bertz CT molecular complexity index is 474. The summed E-state index contributed by atoms with van der Waals surface area (Å²) in [7, 11) is 1.32. The molecule has 0 unspecified atom stereocenters. The van der Waals surface area contributed by atoms with E-state index in [9.17, 15) is 9.59 Å². The standard InChI is InChI=1S/C15H20ClNO3/c1-11(2)17(10-15(19)20-3)14(18)8-7-12-5-4-6-13(16)9-12/h4-6,9,11H,7-8,10H2,1-3H3. The van der Waals surface area contributed by atoms with Crippen molar-refractivity contribution in [3.8, 4) is 0 Å². The Kier molecular flexibility index (Phi) is 6.52. The number of carbonyl (C=O) groups excluding carboxylic acids is 2. The summed E-state index contributed by atoms with van der Waals surface area (Å²) in [6, 6.07) is 7.39. The lowest BCUT2D eigenvalue weighted by atomic mass is 10.1. The van der Waals surface area contributed by atoms with Crippen molar-refractivity contribution < 1.29 is 14.3 Å². The third-order valence-corrected chi connectivity index (χ3v) is 3.22. The molecule has 0 aliphatic rings. The van der Waals surface area contributed by atoms with Crippen LogP contribution < -0.4 is 0 Å². The minimum atomic E-state index is -0.408. The van der Waals surface area contributed by atoms with Crippen LogP contribution in [0.2, 0.25) is 5.02 Å². The van der Waals surface area contributed by atoms with E-state index < -0.39 is 5.97 Å². The maximum absolute atomic E-state index is 12.2. The number of esters is 1. The normalized spacial score (nSPS) is 10.4. The van der Waals surface area contributed by atoms with Crippen molar-refractivity contribution in [1.29, 1.82) is 0 Å². The van der Waals surface area contributed by atoms with Crippen molar-refractivity contribution in [2.24, 2.45) is 0 Å². The van der Waals surface area contributed by atoms with Crippen LogP contribution in [-0.2, 0) is 20.7 Å². The van der Waals surface area contributed by atoms with Gasteiger partial charge in [-0.3, -0.25) is 9.59 Å². The molecule has 5 heteroatoms. The summed E-state index contributed by atoms with van der Waals surface area (Å²) in [5, 5.41) is 0.658. The number of amides is 1. The summed E-state index contributed by atoms with van der Waals surface area (Å²) in [5.41, 5.74) is 1.01. The van der Waals surface area contributed by atoms with Crippen molar-refractivity contribution in [2.45, 2.75) is 32.7 Å². The first-order valence-electron chi connectivity index (χ1n) is 6.54. The molecule has 0 aliphatic heterocycles. The van der Waals surface area contributed by atoms with Crippen LogP contribution >= 0.6 is 11.6 Å². The monoisotopic (exact) mass is 297 g/mol. The van der Waals surface area contributed by atoms with Gasteiger partial charge in [0.25, 0.3) is 0 Å². The Morgan fingerprint density at radius 1 is 1.35 bits per heavy atom. The van der Waals surface area contributed by atoms with Crippen LogP contribution in [0.4, 0.5) is 0 Å². The number of ether oxygens (including phenoxy) is 1. The zero-order valence-electron chi connectivity index (χ0n) is 12.1. The lowest BCUT2D eigenvalue weighted by molar-refractivity contribution is -0.148. The van der Waals surface area contributed by atoms with Crippen LogP contribution in [0.5, 0.6) is 0 Å². The van der Waals surface area contributed by atoms with E-state index in [0.29, 0.717) is 17.9 Å². The molecular weight excluding hydrogens is 278 g/mol. The Hall–Kier alpha value is -1.55. The highest BCUT2D eigenvalue weighted by molar-refractivity contribution is 6.30. The number of carbonyl (C=O) groups is 2. The fourth-order valence-corrected chi connectivity index (χ4v) is 2.06. The molecule has 0 saturated heterocycles. The maximum atomic E-state index is 12.2. The van der Waals surface area contributed by atoms with Crippen molar-refractivity contribution in [2.75, 3.05) is 13.7 Å². The van der Waals surface area contributed by atoms with E-state index in [-0.39, 0.29) is 18.5 Å². The molecule has 4 nitrogen and oxygen atoms in total. The number of benzene rings is 1. The van der Waals surface area contributed by atoms with Gasteiger partial charge in [-0.25, -0.2) is 0 Å². The van der Waals surface area contributed by atoms with Gasteiger partial charge in [0.05, 0.1) is 7.11 Å². The molecule has 110 valence electrons. The van der Waals surface area contributed by atoms with Gasteiger partial charge in [-0.05, 0) is 38.0 Å². The molecule has 0 N–H and O–H groups in total. The van der Waals surface area contributed by atoms with Crippen LogP contribution in [0.1, 0.15) is 25.8 Å². The van der Waals surface area contributed by atoms with Crippen molar-refractivity contribution in [1.82, 2.24) is 4.90 Å². The average Bonchev–Trinajstić information content (AvgIpc) is 2.41. The number of methoxy groups -OCH3 is 1. The van der Waals surface area contributed by atoms with E-state index in [0.717, 1.165) is 5.56 Å². The van der Waals surface area contributed by atoms with Gasteiger partial charge in [0.2, 0.25) is 5.91 Å². The molecule has 0 bridgehead atoms. The first kappa shape index (κ1) is 16.5. The quantitative estimate of drug-likeness (QED) is 0.759. The number of hydrogen-bond donors (Lipinski definition) is 0. The fraction of sp³-hybridized carbons (Fsp3) is 0.467. The van der Waals surface area contributed by atoms with Gasteiger partial charge in [-0.1, -0.05) is 23.7 Å². The topological polar surface area (TPSA) is 46.6 Å². The van der Waals surface area contributed by atoms with Crippen LogP contribution in [0.3, 0.4) is 0 Å². The second-order valence-electron chi connectivity index (χ2n) is 4.82. The average molecular weight is 298 g/mol. The van der Waals surface area contributed by atoms with E-state index in [2.05, 4.69) is 4.74 Å². The van der Waals surface area contributed by atoms with Crippen LogP contribution in [0.25, 0.3) is 0 Å². The van der Waals surface area contributed by atoms with E-state index in [4.69, 9.17) is 11.6 Å². The van der Waals surface area contributed by atoms with Crippen molar-refractivity contribution >= 4 is 23.5 Å². The highest BCUT2D eigenvalue weighted by atomic mass is 35.5. The van der Waals surface area contributed by atoms with Gasteiger partial charge >= 0.3 is 5.97 Å². The molecule has 0 heterocycles. The Morgan fingerprint density at radius 3 is 2.60 bits per heavy atom. The first-order chi connectivity index (χ1) is 9.43. The fourth-order valence-electron chi connectivity index (χ4n) is 1.85. The Balaban J connectivity index is 2.60. The number of rotatable bonds is 6. The molecule has 1 aromatic rings. The predicted octanol–water partition coefficient (Wildman–Crippen LogP) is 2.68. The molecule has 0 atom stereocenters. The smallest absolute Gasteiger partial charge is 0.325 e. The van der Waals surface area contributed by atoms with E-state index in [1.165, 1.54) is 12.0 Å². The summed E-state index contributed by atoms with van der Waals surface area (Å²) >= 11 is 5.90. The lowest BCUT2D eigenvalue weighted by Gasteiger charge is -2.25. The third-order valence-electron chi connectivity index (χ3n) is 2.99. The minimum absolute atomic E-state index is 0.0114. The molecule has 0 saturated carbocycles. The number of nitrogens with zero attached hydrogens (tertiary/aromatic N) is 1. The van der Waals surface area contributed by atoms with E-state index >= 15 is 0 Å². The molecule has 1 rings (SSSR count). The van der Waals surface area contributed by atoms with Gasteiger partial charge in [0.15, 0.2) is 0 Å². The van der Waals surface area contributed by atoms with Crippen LogP contribution in [0, 0.1) is 0 Å². The zero-order chi connectivity index (χ0) is 15.1. The van der Waals surface area contributed by atoms with Gasteiger partial charge in [-0.15, -0.1) is 0 Å². The second-order valence-corrected chi connectivity index (χ2v) is 5.26. The summed E-state index contributed by atoms with van der Waals surface area (Å²) in [4.78, 5) is 25.0. The molecule has 0 fully saturated rings. The predicted molar refractivity (Wildman–Crippen MR) is 78.6 cm³/mol. The largest absolute Gasteiger partial charge is 0.468 e. The van der Waals surface area contributed by atoms with Gasteiger partial charge in [0, 0.05) is 17.5 Å². The third kappa shape index (κ3) is 5.21. The molecule has 0 aromatic heterocycles. The summed E-state index contributed by atoms with van der Waals surface area (Å²) in [6.07, 6.45) is 0.944. The van der Waals surface area contributed by atoms with Gasteiger partial charge in [-0.2, -0.15) is 0 Å². The van der Waals surface area contributed by atoms with Crippen LogP contribution in [-0.4, -0.2) is 36.5 Å². The highest BCUT2D eigenvalue weighted by Gasteiger charge is 2.20. The van der Waals surface area contributed by atoms with E-state index in [1.54, 1.807) is 6.07 Å². The number of hydrogen-bond acceptors (Lipinski definition) is 3. The molecule has 1 aromatic carbocycles. The summed E-state index contributed by atoms with van der Waals surface area (Å²) < 4.78 is 4.61. The molecular formula is C15H20ClNO3. The summed E-state index contributed by atoms with van der Waals surface area (Å²) in [6.45, 7) is 3.74. The number of aryl methyl sites for hydroxylation is 1. The highest BCUT2D eigenvalue weighted by Crippen LogP contribution is 2.13. The van der Waals surface area contributed by atoms with Gasteiger partial charge in [0.1, 0.15) is 6.54 Å². The molecule has 0 spiro atoms. The number of halogens is 1. The molecule has 0 aliphatic carbocycles. The van der Waals surface area contributed by atoms with Gasteiger partial charge < -0.3 is 9.64 Å². The Labute approximate surface area is 124 Å². The molecule has 1 amide bonds. The van der Waals surface area contributed by atoms with Crippen LogP contribution in [0.15, 0.2) is 24.3 Å². The van der Waals surface area contributed by atoms with Crippen molar-refractivity contribution in [3.63, 3.8) is 0 Å². The lowest BCUT2D eigenvalue weighted by Crippen LogP contribution is -2.41. The SMILES string of the molecule is COC(=O)CN(C(=O)CCc1cccc(Cl)c1)C(C)C. The van der Waals surface area contributed by atoms with Crippen molar-refractivity contribution in [3.05, 3.63) is 34.9 Å². The Morgan fingerprint density at radius 2 is 2.05 bits per heavy atom. The molecule has 0 radical (unpaired) electrons. The first-order valence-corrected chi connectivity index (χ1v) is 6.92. The maximum Gasteiger partial charge on any atom is 0.325 e.